The van der Waals surface area contributed by atoms with Crippen LogP contribution in [0.15, 0.2) is 0 Å². The predicted molar refractivity (Wildman–Crippen MR) is 86.7 cm³/mol. The van der Waals surface area contributed by atoms with Gasteiger partial charge in [0.25, 0.3) is 0 Å². The van der Waals surface area contributed by atoms with E-state index in [1.807, 2.05) is 6.92 Å². The van der Waals surface area contributed by atoms with E-state index in [9.17, 15) is 8.42 Å². The molecule has 3 nitrogen and oxygen atoms in total. The van der Waals surface area contributed by atoms with Crippen LogP contribution in [0.5, 0.6) is 0 Å². The van der Waals surface area contributed by atoms with Crippen molar-refractivity contribution < 1.29 is 8.42 Å². The molecule has 1 aliphatic rings. The summed E-state index contributed by atoms with van der Waals surface area (Å²) in [4.78, 5) is 0. The van der Waals surface area contributed by atoms with E-state index in [0.717, 1.165) is 38.6 Å². The molecule has 120 valence electrons. The molecule has 1 aliphatic carbocycles. The lowest BCUT2D eigenvalue weighted by Crippen LogP contribution is -2.49. The van der Waals surface area contributed by atoms with E-state index >= 15 is 0 Å². The van der Waals surface area contributed by atoms with Gasteiger partial charge in [0.15, 0.2) is 9.84 Å². The Labute approximate surface area is 125 Å². The fraction of sp³-hybridized carbons (Fsp3) is 1.00. The number of nitrogens with one attached hydrogen (secondary N) is 1. The Hall–Kier alpha value is -0.0900. The van der Waals surface area contributed by atoms with Crippen LogP contribution in [0.4, 0.5) is 0 Å². The molecule has 0 radical (unpaired) electrons. The fourth-order valence-corrected chi connectivity index (χ4v) is 5.76. The number of sulfone groups is 1. The van der Waals surface area contributed by atoms with Gasteiger partial charge in [0.1, 0.15) is 0 Å². The third-order valence-electron chi connectivity index (χ3n) is 4.81. The Kier molecular flexibility index (Phi) is 7.52. The van der Waals surface area contributed by atoms with Gasteiger partial charge in [0.2, 0.25) is 0 Å². The van der Waals surface area contributed by atoms with Crippen molar-refractivity contribution in [1.82, 2.24) is 5.32 Å². The minimum absolute atomic E-state index is 0.165. The Morgan fingerprint density at radius 1 is 1.20 bits per heavy atom. The first kappa shape index (κ1) is 18.0. The molecule has 0 spiro atoms. The molecule has 4 heteroatoms. The van der Waals surface area contributed by atoms with Crippen LogP contribution in [0, 0.1) is 11.8 Å². The van der Waals surface area contributed by atoms with Crippen molar-refractivity contribution in [2.75, 3.05) is 12.3 Å². The lowest BCUT2D eigenvalue weighted by molar-refractivity contribution is 0.287. The van der Waals surface area contributed by atoms with Gasteiger partial charge in [-0.2, -0.15) is 0 Å². The van der Waals surface area contributed by atoms with Crippen molar-refractivity contribution >= 4 is 9.84 Å². The van der Waals surface area contributed by atoms with E-state index in [1.165, 1.54) is 6.42 Å². The van der Waals surface area contributed by atoms with E-state index in [1.54, 1.807) is 0 Å². The molecule has 0 bridgehead atoms. The monoisotopic (exact) mass is 303 g/mol. The van der Waals surface area contributed by atoms with Gasteiger partial charge in [-0.05, 0) is 44.1 Å². The molecule has 0 heterocycles. The van der Waals surface area contributed by atoms with Crippen LogP contribution in [0.25, 0.3) is 0 Å². The van der Waals surface area contributed by atoms with Crippen molar-refractivity contribution in [3.63, 3.8) is 0 Å². The zero-order chi connectivity index (χ0) is 15.2. The van der Waals surface area contributed by atoms with Crippen LogP contribution in [-0.2, 0) is 9.84 Å². The largest absolute Gasteiger partial charge is 0.313 e. The van der Waals surface area contributed by atoms with E-state index in [4.69, 9.17) is 0 Å². The average Bonchev–Trinajstić information content (AvgIpc) is 2.44. The Balaban J connectivity index is 2.81. The normalized spacial score (nSPS) is 29.3. The molecule has 0 amide bonds. The summed E-state index contributed by atoms with van der Waals surface area (Å²) >= 11 is 0. The molecular weight excluding hydrogens is 270 g/mol. The third kappa shape index (κ3) is 5.03. The van der Waals surface area contributed by atoms with E-state index in [2.05, 4.69) is 26.1 Å². The Morgan fingerprint density at radius 2 is 1.90 bits per heavy atom. The fourth-order valence-electron chi connectivity index (χ4n) is 3.18. The van der Waals surface area contributed by atoms with Crippen molar-refractivity contribution in [2.24, 2.45) is 11.8 Å². The lowest BCUT2D eigenvalue weighted by atomic mass is 9.84. The summed E-state index contributed by atoms with van der Waals surface area (Å²) in [5.41, 5.74) is 0. The van der Waals surface area contributed by atoms with Gasteiger partial charge in [0.05, 0.1) is 11.0 Å². The van der Waals surface area contributed by atoms with Crippen LogP contribution < -0.4 is 5.32 Å². The summed E-state index contributed by atoms with van der Waals surface area (Å²) < 4.78 is 25.5. The average molecular weight is 304 g/mol. The van der Waals surface area contributed by atoms with Crippen molar-refractivity contribution in [3.05, 3.63) is 0 Å². The van der Waals surface area contributed by atoms with Gasteiger partial charge in [-0.25, -0.2) is 8.42 Å². The second-order valence-corrected chi connectivity index (χ2v) is 8.79. The molecule has 0 aromatic rings. The minimum Gasteiger partial charge on any atom is -0.313 e. The molecule has 1 saturated carbocycles. The number of rotatable bonds is 8. The maximum absolute atomic E-state index is 12.7. The summed E-state index contributed by atoms with van der Waals surface area (Å²) in [7, 11) is -2.98. The smallest absolute Gasteiger partial charge is 0.154 e. The van der Waals surface area contributed by atoms with Crippen LogP contribution in [0.3, 0.4) is 0 Å². The van der Waals surface area contributed by atoms with Crippen LogP contribution in [-0.4, -0.2) is 32.0 Å². The van der Waals surface area contributed by atoms with Crippen molar-refractivity contribution in [1.29, 1.82) is 0 Å². The maximum atomic E-state index is 12.7. The molecule has 0 aliphatic heterocycles. The summed E-state index contributed by atoms with van der Waals surface area (Å²) in [5, 5.41) is 3.32. The summed E-state index contributed by atoms with van der Waals surface area (Å²) in [6.45, 7) is 9.36. The molecule has 0 aromatic heterocycles. The Morgan fingerprint density at radius 3 is 2.45 bits per heavy atom. The van der Waals surface area contributed by atoms with Crippen LogP contribution >= 0.6 is 0 Å². The van der Waals surface area contributed by atoms with Gasteiger partial charge >= 0.3 is 0 Å². The Bertz CT molecular complexity index is 367. The second kappa shape index (κ2) is 8.38. The first-order valence-corrected chi connectivity index (χ1v) is 10.1. The molecule has 1 N–H and O–H groups in total. The van der Waals surface area contributed by atoms with Gasteiger partial charge in [-0.1, -0.05) is 40.5 Å². The van der Waals surface area contributed by atoms with Gasteiger partial charge < -0.3 is 5.32 Å². The number of hydrogen-bond acceptors (Lipinski definition) is 3. The van der Waals surface area contributed by atoms with E-state index < -0.39 is 9.84 Å². The molecule has 0 aromatic carbocycles. The predicted octanol–water partition coefficient (Wildman–Crippen LogP) is 3.39. The first-order chi connectivity index (χ1) is 9.44. The second-order valence-electron chi connectivity index (χ2n) is 6.53. The van der Waals surface area contributed by atoms with Gasteiger partial charge in [0, 0.05) is 6.04 Å². The lowest BCUT2D eigenvalue weighted by Gasteiger charge is -2.36. The SMILES string of the molecule is CCCNC1CCC(CC)CC1S(=O)(=O)CC(C)CC. The molecular formula is C16H33NO2S. The third-order valence-corrected chi connectivity index (χ3v) is 7.29. The highest BCUT2D eigenvalue weighted by Gasteiger charge is 2.38. The van der Waals surface area contributed by atoms with Crippen LogP contribution in [0.1, 0.15) is 66.2 Å². The molecule has 20 heavy (non-hydrogen) atoms. The van der Waals surface area contributed by atoms with Crippen molar-refractivity contribution in [2.45, 2.75) is 77.5 Å². The number of hydrogen-bond donors (Lipinski definition) is 1. The molecule has 1 fully saturated rings. The quantitative estimate of drug-likeness (QED) is 0.747. The highest BCUT2D eigenvalue weighted by atomic mass is 32.2. The van der Waals surface area contributed by atoms with Gasteiger partial charge in [-0.15, -0.1) is 0 Å². The maximum Gasteiger partial charge on any atom is 0.154 e. The summed E-state index contributed by atoms with van der Waals surface area (Å²) in [6, 6.07) is 0.173. The topological polar surface area (TPSA) is 46.2 Å². The zero-order valence-electron chi connectivity index (χ0n) is 13.7. The molecule has 1 rings (SSSR count). The van der Waals surface area contributed by atoms with E-state index in [-0.39, 0.29) is 17.2 Å². The first-order valence-electron chi connectivity index (χ1n) is 8.39. The van der Waals surface area contributed by atoms with Gasteiger partial charge in [-0.3, -0.25) is 0 Å². The van der Waals surface area contributed by atoms with E-state index in [0.29, 0.717) is 11.7 Å². The van der Waals surface area contributed by atoms with Crippen molar-refractivity contribution in [3.8, 4) is 0 Å². The standard InChI is InChI=1S/C16H33NO2S/c1-5-10-17-15-9-8-14(7-3)11-16(15)20(18,19)12-13(4)6-2/h13-17H,5-12H2,1-4H3. The highest BCUT2D eigenvalue weighted by molar-refractivity contribution is 7.92. The molecule has 0 saturated heterocycles. The summed E-state index contributed by atoms with van der Waals surface area (Å²) in [6.07, 6.45) is 6.16. The zero-order valence-corrected chi connectivity index (χ0v) is 14.5. The highest BCUT2D eigenvalue weighted by Crippen LogP contribution is 2.32. The molecule has 4 atom stereocenters. The molecule has 4 unspecified atom stereocenters. The minimum atomic E-state index is -2.98. The summed E-state index contributed by atoms with van der Waals surface area (Å²) in [5.74, 6) is 1.22. The van der Waals surface area contributed by atoms with Crippen LogP contribution in [0.2, 0.25) is 0 Å².